The van der Waals surface area contributed by atoms with Gasteiger partial charge in [-0.2, -0.15) is 0 Å². The highest BCUT2D eigenvalue weighted by atomic mass is 35.5. The van der Waals surface area contributed by atoms with E-state index in [0.717, 1.165) is 27.5 Å². The van der Waals surface area contributed by atoms with Crippen molar-refractivity contribution in [2.24, 2.45) is 0 Å². The lowest BCUT2D eigenvalue weighted by Gasteiger charge is -2.04. The largest absolute Gasteiger partial charge is 0.357 e. The van der Waals surface area contributed by atoms with Crippen molar-refractivity contribution in [3.63, 3.8) is 0 Å². The van der Waals surface area contributed by atoms with Gasteiger partial charge in [0.1, 0.15) is 11.5 Å². The van der Waals surface area contributed by atoms with Crippen LogP contribution in [0.4, 0.5) is 10.1 Å². The molecule has 0 fully saturated rings. The molecule has 0 aliphatic carbocycles. The summed E-state index contributed by atoms with van der Waals surface area (Å²) in [7, 11) is 0. The number of halogens is 2. The molecule has 0 unspecified atom stereocenters. The van der Waals surface area contributed by atoms with Crippen LogP contribution in [0.1, 0.15) is 16.2 Å². The van der Waals surface area contributed by atoms with Crippen molar-refractivity contribution in [3.8, 4) is 0 Å². The van der Waals surface area contributed by atoms with E-state index in [1.54, 1.807) is 6.07 Å². The summed E-state index contributed by atoms with van der Waals surface area (Å²) in [5, 5.41) is 4.53. The standard InChI is InChI=1S/C19H13ClFN3O/c1-10-2-3-11-4-5-12-8-16(24-18(12)17(11)22-10)19(25)23-13-6-7-15(21)14(20)9-13/h2-9,22H,1H3,(H,23,25). The van der Waals surface area contributed by atoms with Gasteiger partial charge in [0.25, 0.3) is 5.91 Å². The van der Waals surface area contributed by atoms with Crippen molar-refractivity contribution in [1.29, 1.82) is 0 Å². The van der Waals surface area contributed by atoms with E-state index in [4.69, 9.17) is 11.6 Å². The number of anilines is 1. The predicted octanol–water partition coefficient (Wildman–Crippen LogP) is 5.07. The van der Waals surface area contributed by atoms with Gasteiger partial charge in [-0.05, 0) is 37.3 Å². The van der Waals surface area contributed by atoms with Crippen LogP contribution in [0.15, 0.2) is 48.5 Å². The third-order valence-electron chi connectivity index (χ3n) is 4.01. The number of pyridine rings is 1. The minimum Gasteiger partial charge on any atom is -0.357 e. The fourth-order valence-corrected chi connectivity index (χ4v) is 2.95. The van der Waals surface area contributed by atoms with Gasteiger partial charge in [0.05, 0.1) is 16.1 Å². The van der Waals surface area contributed by atoms with Gasteiger partial charge in [-0.3, -0.25) is 4.79 Å². The lowest BCUT2D eigenvalue weighted by atomic mass is 10.1. The van der Waals surface area contributed by atoms with Gasteiger partial charge < -0.3 is 10.3 Å². The number of rotatable bonds is 2. The average molecular weight is 354 g/mol. The van der Waals surface area contributed by atoms with E-state index in [2.05, 4.69) is 15.3 Å². The fourth-order valence-electron chi connectivity index (χ4n) is 2.77. The molecule has 0 saturated heterocycles. The molecular formula is C19H13ClFN3O. The van der Waals surface area contributed by atoms with E-state index in [1.807, 2.05) is 31.2 Å². The number of aromatic amines is 1. The summed E-state index contributed by atoms with van der Waals surface area (Å²) >= 11 is 5.74. The van der Waals surface area contributed by atoms with E-state index in [0.29, 0.717) is 5.69 Å². The molecule has 4 aromatic rings. The molecule has 0 aliphatic heterocycles. The highest BCUT2D eigenvalue weighted by molar-refractivity contribution is 6.31. The number of amides is 1. The average Bonchev–Trinajstić information content (AvgIpc) is 3.03. The number of aryl methyl sites for hydroxylation is 1. The van der Waals surface area contributed by atoms with Crippen molar-refractivity contribution in [2.75, 3.05) is 5.32 Å². The van der Waals surface area contributed by atoms with Crippen LogP contribution in [0.25, 0.3) is 21.8 Å². The summed E-state index contributed by atoms with van der Waals surface area (Å²) in [5.74, 6) is -0.908. The molecule has 0 saturated carbocycles. The molecular weight excluding hydrogens is 341 g/mol. The zero-order chi connectivity index (χ0) is 17.6. The van der Waals surface area contributed by atoms with Gasteiger partial charge >= 0.3 is 0 Å². The van der Waals surface area contributed by atoms with E-state index in [-0.39, 0.29) is 16.6 Å². The predicted molar refractivity (Wildman–Crippen MR) is 97.7 cm³/mol. The second kappa shape index (κ2) is 5.86. The summed E-state index contributed by atoms with van der Waals surface area (Å²) in [6.07, 6.45) is 0. The molecule has 0 radical (unpaired) electrons. The first-order valence-electron chi connectivity index (χ1n) is 7.67. The monoisotopic (exact) mass is 353 g/mol. The third-order valence-corrected chi connectivity index (χ3v) is 4.30. The molecule has 1 amide bonds. The number of hydrogen-bond acceptors (Lipinski definition) is 2. The smallest absolute Gasteiger partial charge is 0.274 e. The van der Waals surface area contributed by atoms with Gasteiger partial charge in [-0.1, -0.05) is 29.8 Å². The quantitative estimate of drug-likeness (QED) is 0.528. The Kier molecular flexibility index (Phi) is 3.66. The number of fused-ring (bicyclic) bond motifs is 3. The second-order valence-electron chi connectivity index (χ2n) is 5.83. The van der Waals surface area contributed by atoms with Crippen molar-refractivity contribution < 1.29 is 9.18 Å². The number of carbonyl (C=O) groups is 1. The summed E-state index contributed by atoms with van der Waals surface area (Å²) in [6.45, 7) is 1.97. The number of carbonyl (C=O) groups excluding carboxylic acids is 1. The normalized spacial score (nSPS) is 11.2. The molecule has 2 aromatic carbocycles. The van der Waals surface area contributed by atoms with Crippen molar-refractivity contribution in [1.82, 2.24) is 9.97 Å². The van der Waals surface area contributed by atoms with Crippen LogP contribution < -0.4 is 5.32 Å². The molecule has 0 atom stereocenters. The Labute approximate surface area is 147 Å². The lowest BCUT2D eigenvalue weighted by molar-refractivity contribution is 0.102. The summed E-state index contributed by atoms with van der Waals surface area (Å²) in [4.78, 5) is 20.2. The number of H-pyrrole nitrogens is 1. The van der Waals surface area contributed by atoms with E-state index < -0.39 is 5.82 Å². The van der Waals surface area contributed by atoms with Crippen LogP contribution in [0.5, 0.6) is 0 Å². The second-order valence-corrected chi connectivity index (χ2v) is 6.24. The summed E-state index contributed by atoms with van der Waals surface area (Å²) < 4.78 is 13.2. The highest BCUT2D eigenvalue weighted by Crippen LogP contribution is 2.25. The molecule has 4 nitrogen and oxygen atoms in total. The summed E-state index contributed by atoms with van der Waals surface area (Å²) in [6, 6.07) is 13.7. The zero-order valence-electron chi connectivity index (χ0n) is 13.2. The van der Waals surface area contributed by atoms with Gasteiger partial charge in [-0.25, -0.2) is 9.37 Å². The minimum atomic E-state index is -0.533. The number of nitrogens with zero attached hydrogens (tertiary/aromatic N) is 1. The van der Waals surface area contributed by atoms with Crippen LogP contribution >= 0.6 is 11.6 Å². The Hall–Kier alpha value is -2.92. The molecule has 0 aliphatic rings. The van der Waals surface area contributed by atoms with E-state index in [9.17, 15) is 9.18 Å². The summed E-state index contributed by atoms with van der Waals surface area (Å²) in [5.41, 5.74) is 3.34. The Bertz CT molecular complexity index is 1140. The molecule has 124 valence electrons. The number of hydrogen-bond donors (Lipinski definition) is 2. The molecule has 2 aromatic heterocycles. The van der Waals surface area contributed by atoms with Crippen LogP contribution in [0, 0.1) is 12.7 Å². The van der Waals surface area contributed by atoms with Crippen molar-refractivity contribution in [3.05, 3.63) is 70.8 Å². The maximum absolute atomic E-state index is 13.2. The highest BCUT2D eigenvalue weighted by Gasteiger charge is 2.14. The molecule has 2 N–H and O–H groups in total. The third kappa shape index (κ3) is 2.83. The molecule has 4 rings (SSSR count). The van der Waals surface area contributed by atoms with E-state index in [1.165, 1.54) is 18.2 Å². The number of benzene rings is 2. The Morgan fingerprint density at radius 3 is 2.68 bits per heavy atom. The minimum absolute atomic E-state index is 0.0468. The first kappa shape index (κ1) is 15.6. The molecule has 0 spiro atoms. The first-order chi connectivity index (χ1) is 12.0. The van der Waals surface area contributed by atoms with E-state index >= 15 is 0 Å². The Morgan fingerprint density at radius 1 is 1.12 bits per heavy atom. The molecule has 6 heteroatoms. The SMILES string of the molecule is Cc1ccc2ccc3cc(C(=O)Nc4ccc(F)c(Cl)c4)nc3c2[nH]1. The maximum atomic E-state index is 13.2. The van der Waals surface area contributed by atoms with Crippen LogP contribution in [0.3, 0.4) is 0 Å². The van der Waals surface area contributed by atoms with Gasteiger partial charge in [0.15, 0.2) is 0 Å². The number of aromatic nitrogens is 2. The van der Waals surface area contributed by atoms with Crippen LogP contribution in [0.2, 0.25) is 5.02 Å². The first-order valence-corrected chi connectivity index (χ1v) is 8.04. The fraction of sp³-hybridized carbons (Fsp3) is 0.0526. The van der Waals surface area contributed by atoms with Gasteiger partial charge in [0, 0.05) is 22.2 Å². The van der Waals surface area contributed by atoms with Gasteiger partial charge in [0.2, 0.25) is 0 Å². The molecule has 2 heterocycles. The molecule has 25 heavy (non-hydrogen) atoms. The Balaban J connectivity index is 1.73. The van der Waals surface area contributed by atoms with Crippen molar-refractivity contribution >= 4 is 45.0 Å². The number of nitrogens with one attached hydrogen (secondary N) is 2. The van der Waals surface area contributed by atoms with Crippen molar-refractivity contribution in [2.45, 2.75) is 6.92 Å². The zero-order valence-corrected chi connectivity index (χ0v) is 14.0. The van der Waals surface area contributed by atoms with Gasteiger partial charge in [-0.15, -0.1) is 0 Å². The Morgan fingerprint density at radius 2 is 1.88 bits per heavy atom. The van der Waals surface area contributed by atoms with Crippen LogP contribution in [-0.2, 0) is 0 Å². The lowest BCUT2D eigenvalue weighted by Crippen LogP contribution is -2.12. The molecule has 0 bridgehead atoms. The van der Waals surface area contributed by atoms with Crippen LogP contribution in [-0.4, -0.2) is 15.9 Å². The topological polar surface area (TPSA) is 57.8 Å². The maximum Gasteiger partial charge on any atom is 0.274 e.